The van der Waals surface area contributed by atoms with Crippen LogP contribution in [0.4, 0.5) is 38.0 Å². The first-order valence-electron chi connectivity index (χ1n) is 32.1. The van der Waals surface area contributed by atoms with Crippen LogP contribution in [-0.4, -0.2) is 160 Å². The summed E-state index contributed by atoms with van der Waals surface area (Å²) in [5, 5.41) is 29.8. The van der Waals surface area contributed by atoms with E-state index >= 15 is 8.78 Å². The highest BCUT2D eigenvalue weighted by Gasteiger charge is 2.47. The van der Waals surface area contributed by atoms with E-state index in [0.29, 0.717) is 62.4 Å². The molecule has 5 amide bonds. The molecule has 0 radical (unpaired) electrons. The first-order valence-corrected chi connectivity index (χ1v) is 33.3. The number of benzene rings is 4. The molecule has 4 saturated heterocycles. The monoisotopic (exact) mass is 1350 g/mol. The van der Waals surface area contributed by atoms with Gasteiger partial charge in [-0.15, -0.1) is 11.3 Å². The third-order valence-electron chi connectivity index (χ3n) is 17.4. The first-order chi connectivity index (χ1) is 44.9. The van der Waals surface area contributed by atoms with Crippen molar-refractivity contribution in [1.29, 1.82) is 5.26 Å². The Kier molecular flexibility index (Phi) is 20.9. The van der Waals surface area contributed by atoms with Gasteiger partial charge in [0.2, 0.25) is 17.7 Å². The van der Waals surface area contributed by atoms with Crippen LogP contribution in [0.25, 0.3) is 43.2 Å². The molecular formula is C69H81ClF4N10O10S. The lowest BCUT2D eigenvalue weighted by molar-refractivity contribution is -0.144. The van der Waals surface area contributed by atoms with Crippen molar-refractivity contribution in [3.8, 4) is 34.3 Å². The third kappa shape index (κ3) is 15.8. The average molecular weight is 1350 g/mol. The van der Waals surface area contributed by atoms with Gasteiger partial charge in [0.1, 0.15) is 69.7 Å². The smallest absolute Gasteiger partial charge is 0.412 e. The second-order valence-electron chi connectivity index (χ2n) is 27.9. The van der Waals surface area contributed by atoms with Crippen molar-refractivity contribution in [3.05, 3.63) is 100 Å². The Labute approximate surface area is 558 Å². The highest BCUT2D eigenvalue weighted by atomic mass is 35.5. The normalized spacial score (nSPS) is 19.8. The zero-order valence-electron chi connectivity index (χ0n) is 55.0. The number of carbonyl (C=O) groups is 5. The van der Waals surface area contributed by atoms with Crippen LogP contribution in [0, 0.1) is 40.0 Å². The number of fused-ring (bicyclic) bond motifs is 4. The Balaban J connectivity index is 0.784. The zero-order chi connectivity index (χ0) is 68.6. The molecule has 508 valence electrons. The molecular weight excluding hydrogens is 1270 g/mol. The second-order valence-corrected chi connectivity index (χ2v) is 29.3. The Morgan fingerprint density at radius 1 is 0.842 bits per heavy atom. The van der Waals surface area contributed by atoms with Crippen LogP contribution in [0.5, 0.6) is 6.01 Å². The number of thiophene rings is 1. The van der Waals surface area contributed by atoms with E-state index < -0.39 is 94.0 Å². The highest BCUT2D eigenvalue weighted by Crippen LogP contribution is 2.47. The molecule has 6 heterocycles. The molecule has 2 aromatic heterocycles. The molecule has 7 atom stereocenters. The van der Waals surface area contributed by atoms with E-state index in [-0.39, 0.29) is 110 Å². The number of halogens is 5. The van der Waals surface area contributed by atoms with E-state index in [0.717, 1.165) is 36.8 Å². The van der Waals surface area contributed by atoms with E-state index in [4.69, 9.17) is 40.5 Å². The van der Waals surface area contributed by atoms with Crippen molar-refractivity contribution in [2.24, 2.45) is 5.41 Å². The second kappa shape index (κ2) is 28.4. The van der Waals surface area contributed by atoms with Crippen LogP contribution in [0.1, 0.15) is 131 Å². The molecule has 4 N–H and O–H groups in total. The molecule has 0 spiro atoms. The number of likely N-dealkylation sites (tertiary alicyclic amines) is 2. The minimum Gasteiger partial charge on any atom is -0.462 e. The molecule has 20 nitrogen and oxygen atoms in total. The fraction of sp³-hybridized carbons (Fsp3) is 0.507. The lowest BCUT2D eigenvalue weighted by Crippen LogP contribution is -2.58. The Bertz CT molecular complexity index is 3910. The van der Waals surface area contributed by atoms with Crippen molar-refractivity contribution in [2.75, 3.05) is 62.8 Å². The molecule has 4 aliphatic heterocycles. The van der Waals surface area contributed by atoms with E-state index in [1.165, 1.54) is 29.2 Å². The first kappa shape index (κ1) is 69.9. The van der Waals surface area contributed by atoms with Crippen molar-refractivity contribution < 1.29 is 65.6 Å². The maximum absolute atomic E-state index is 17.9. The minimum atomic E-state index is -1.06. The van der Waals surface area contributed by atoms with E-state index in [1.54, 1.807) is 83.7 Å². The maximum atomic E-state index is 17.9. The summed E-state index contributed by atoms with van der Waals surface area (Å²) in [6.45, 7) is 20.0. The summed E-state index contributed by atoms with van der Waals surface area (Å²) >= 11 is 7.91. The molecule has 0 saturated carbocycles. The predicted molar refractivity (Wildman–Crippen MR) is 353 cm³/mol. The van der Waals surface area contributed by atoms with Gasteiger partial charge in [0.15, 0.2) is 5.82 Å². The van der Waals surface area contributed by atoms with Gasteiger partial charge in [-0.1, -0.05) is 68.8 Å². The van der Waals surface area contributed by atoms with Gasteiger partial charge >= 0.3 is 18.2 Å². The summed E-state index contributed by atoms with van der Waals surface area (Å²) in [7, 11) is 0. The number of aromatic nitrogens is 2. The van der Waals surface area contributed by atoms with Crippen LogP contribution in [0.2, 0.25) is 5.02 Å². The van der Waals surface area contributed by atoms with Gasteiger partial charge in [0.25, 0.3) is 0 Å². The number of ether oxygens (including phenoxy) is 4. The van der Waals surface area contributed by atoms with Gasteiger partial charge in [0.05, 0.1) is 51.7 Å². The van der Waals surface area contributed by atoms with Gasteiger partial charge in [-0.3, -0.25) is 29.5 Å². The Morgan fingerprint density at radius 3 is 2.18 bits per heavy atom. The molecule has 4 aromatic carbocycles. The van der Waals surface area contributed by atoms with Crippen molar-refractivity contribution in [3.63, 3.8) is 0 Å². The molecule has 4 fully saturated rings. The van der Waals surface area contributed by atoms with Crippen LogP contribution in [0.3, 0.4) is 0 Å². The van der Waals surface area contributed by atoms with E-state index in [1.807, 2.05) is 25.7 Å². The van der Waals surface area contributed by atoms with Crippen LogP contribution in [-0.2, 0) is 28.6 Å². The number of β-amino-alcohol motifs (C(OH)–C–C–N with tert-alkyl or cyclic N) is 1. The zero-order valence-corrected chi connectivity index (χ0v) is 56.5. The fourth-order valence-corrected chi connectivity index (χ4v) is 14.4. The maximum Gasteiger partial charge on any atom is 0.412 e. The van der Waals surface area contributed by atoms with E-state index in [2.05, 4.69) is 26.9 Å². The summed E-state index contributed by atoms with van der Waals surface area (Å²) in [6, 6.07) is 12.7. The molecule has 95 heavy (non-hydrogen) atoms. The van der Waals surface area contributed by atoms with Gasteiger partial charge in [-0.2, -0.15) is 15.2 Å². The number of aliphatic hydroxyl groups excluding tert-OH is 1. The number of nitrogens with one attached hydrogen (secondary N) is 3. The number of carbonyl (C=O) groups excluding carboxylic acids is 5. The molecule has 2 bridgehead atoms. The SMILES string of the molecule is C[C@@H](NC(=O)[C@@H]1C[C@@H](O)CN1C(=O)[C@@H](NC(=O)CCOCCCN1CCC[C@H]1COc1nc(N2CC3CCC(C2)N3C(=O)OC(C)(C)C)c2cc(Cl)c(-c3ccc(F)c4sc(NC(=O)OC(C)(C)C)c(C#N)c34)c(F)c2n1)C(C)(C)C)c1ccc(-c2c(F)cccc2F)cc1. The molecule has 0 aliphatic carbocycles. The number of nitrogens with zero attached hydrogens (tertiary/aromatic N) is 7. The molecule has 2 unspecified atom stereocenters. The van der Waals surface area contributed by atoms with Gasteiger partial charge in [-0.25, -0.2) is 27.2 Å². The molecule has 4 aliphatic rings. The fourth-order valence-electron chi connectivity index (χ4n) is 13.0. The summed E-state index contributed by atoms with van der Waals surface area (Å²) < 4.78 is 86.2. The van der Waals surface area contributed by atoms with Crippen LogP contribution in [0.15, 0.2) is 60.7 Å². The van der Waals surface area contributed by atoms with Crippen LogP contribution < -0.4 is 25.6 Å². The number of hydrogen-bond acceptors (Lipinski definition) is 16. The number of amides is 5. The van der Waals surface area contributed by atoms with Crippen molar-refractivity contribution in [2.45, 2.75) is 168 Å². The summed E-state index contributed by atoms with van der Waals surface area (Å²) in [5.74, 6) is -4.16. The number of piperazine rings is 1. The van der Waals surface area contributed by atoms with Crippen LogP contribution >= 0.6 is 22.9 Å². The summed E-state index contributed by atoms with van der Waals surface area (Å²) in [4.78, 5) is 85.1. The van der Waals surface area contributed by atoms with E-state index in [9.17, 15) is 43.1 Å². The molecule has 10 rings (SSSR count). The number of rotatable bonds is 19. The van der Waals surface area contributed by atoms with Gasteiger partial charge < -0.3 is 44.5 Å². The number of aliphatic hydroxyl groups is 1. The lowest BCUT2D eigenvalue weighted by Gasteiger charge is -2.42. The Hall–Kier alpha value is -7.89. The highest BCUT2D eigenvalue weighted by molar-refractivity contribution is 7.23. The number of hydrogen-bond donors (Lipinski definition) is 4. The molecule has 26 heteroatoms. The topological polar surface area (TPSA) is 241 Å². The lowest BCUT2D eigenvalue weighted by atomic mass is 9.85. The number of anilines is 2. The van der Waals surface area contributed by atoms with Crippen molar-refractivity contribution >= 4 is 84.7 Å². The van der Waals surface area contributed by atoms with Crippen molar-refractivity contribution in [1.82, 2.24) is 35.3 Å². The Morgan fingerprint density at radius 2 is 1.53 bits per heavy atom. The summed E-state index contributed by atoms with van der Waals surface area (Å²) in [5.41, 5.74) is -1.97. The van der Waals surface area contributed by atoms with Gasteiger partial charge in [0, 0.05) is 68.0 Å². The molecule has 6 aromatic rings. The largest absolute Gasteiger partial charge is 0.462 e. The minimum absolute atomic E-state index is 0.00207. The standard InChI is InChI=1S/C69H81ClF4N10O10S/c1-37(38-17-19-39(20-18-38)53-48(71)15-11-16-49(53)72)76-61(87)51-30-43(85)35-83(51)63(88)59(67(2,3)4)77-52(86)25-29-91-28-13-27-81-26-12-14-42(81)36-92-64-78-57-45(60(79-64)82-33-40-21-22-41(34-82)84(40)66(90)94-69(8,9)10)31-47(70)55(56(57)74)44-23-24-50(73)58-54(44)46(32-75)62(95-58)80-65(89)93-68(5,6)7/h11,15-20,23-24,31,37,40-43,51,59,85H,12-14,21-22,25-30,33-36H2,1-10H3,(H,76,87)(H,77,86)(H,80,89)/t37-,40?,41?,42+,43-,51+,59-/m1/s1. The summed E-state index contributed by atoms with van der Waals surface area (Å²) in [6.07, 6.45) is 1.26. The average Bonchev–Trinajstić information content (AvgIpc) is 1.73. The number of nitriles is 1. The quantitative estimate of drug-likeness (QED) is 0.0435. The predicted octanol–water partition coefficient (Wildman–Crippen LogP) is 12.2. The third-order valence-corrected chi connectivity index (χ3v) is 18.8. The van der Waals surface area contributed by atoms with Gasteiger partial charge in [-0.05, 0) is 133 Å².